The first-order chi connectivity index (χ1) is 10.9. The van der Waals surface area contributed by atoms with Crippen LogP contribution in [0.15, 0.2) is 36.7 Å². The second-order valence-corrected chi connectivity index (χ2v) is 4.51. The van der Waals surface area contributed by atoms with Gasteiger partial charge in [-0.05, 0) is 12.1 Å². The Kier molecular flexibility index (Phi) is 3.40. The minimum absolute atomic E-state index is 0.000472. The summed E-state index contributed by atoms with van der Waals surface area (Å²) in [6.45, 7) is 0. The molecular weight excluding hydrogens is 315 g/mol. The molecule has 1 aromatic carbocycles. The van der Waals surface area contributed by atoms with Crippen molar-refractivity contribution in [1.29, 1.82) is 0 Å². The molecule has 0 unspecified atom stereocenters. The van der Waals surface area contributed by atoms with Gasteiger partial charge in [0, 0.05) is 6.20 Å². The molecule has 2 N–H and O–H groups in total. The van der Waals surface area contributed by atoms with E-state index in [1.807, 2.05) is 0 Å². The number of ether oxygens (including phenoxy) is 1. The molecule has 0 bridgehead atoms. The number of benzene rings is 1. The van der Waals surface area contributed by atoms with E-state index >= 15 is 0 Å². The van der Waals surface area contributed by atoms with Crippen molar-refractivity contribution in [2.75, 3.05) is 0 Å². The molecule has 2 heterocycles. The van der Waals surface area contributed by atoms with E-state index in [1.165, 1.54) is 18.3 Å². The number of carbonyl (C=O) groups is 1. The topological polar surface area (TPSA) is 88.1 Å². The lowest BCUT2D eigenvalue weighted by Gasteiger charge is -2.12. The maximum Gasteiger partial charge on any atom is 0.419 e. The zero-order valence-electron chi connectivity index (χ0n) is 11.3. The molecule has 0 saturated heterocycles. The van der Waals surface area contributed by atoms with Crippen molar-refractivity contribution in [3.05, 3.63) is 47.8 Å². The van der Waals surface area contributed by atoms with Gasteiger partial charge in [0.05, 0.1) is 11.8 Å². The molecule has 2 aromatic heterocycles. The number of hydrogen-bond donors (Lipinski definition) is 2. The molecule has 0 aliphatic rings. The van der Waals surface area contributed by atoms with Crippen molar-refractivity contribution in [3.8, 4) is 11.6 Å². The maximum absolute atomic E-state index is 12.9. The number of aromatic carboxylic acids is 1. The van der Waals surface area contributed by atoms with Crippen LogP contribution >= 0.6 is 0 Å². The van der Waals surface area contributed by atoms with Crippen molar-refractivity contribution in [3.63, 3.8) is 0 Å². The summed E-state index contributed by atoms with van der Waals surface area (Å²) in [4.78, 5) is 21.5. The number of rotatable bonds is 3. The van der Waals surface area contributed by atoms with E-state index in [0.29, 0.717) is 0 Å². The molecule has 0 fully saturated rings. The number of fused-ring (bicyclic) bond motifs is 1. The average Bonchev–Trinajstić information content (AvgIpc) is 2.90. The molecule has 6 nitrogen and oxygen atoms in total. The fourth-order valence-corrected chi connectivity index (χ4v) is 1.99. The Labute approximate surface area is 126 Å². The third-order valence-corrected chi connectivity index (χ3v) is 3.00. The Morgan fingerprint density at radius 1 is 1.26 bits per heavy atom. The molecule has 0 saturated carbocycles. The summed E-state index contributed by atoms with van der Waals surface area (Å²) in [6.07, 6.45) is -2.29. The van der Waals surface area contributed by atoms with E-state index in [9.17, 15) is 18.0 Å². The van der Waals surface area contributed by atoms with Gasteiger partial charge in [-0.1, -0.05) is 12.1 Å². The standard InChI is InChI=1S/C14H8F3N3O3/c15-14(16,17)8-3-1-2-4-9(8)23-10-6-19-12-11(20-10)7(5-18-12)13(21)22/h1-6H,(H,18,19)(H,21,22). The van der Waals surface area contributed by atoms with Crippen molar-refractivity contribution < 1.29 is 27.8 Å². The van der Waals surface area contributed by atoms with E-state index in [1.54, 1.807) is 0 Å². The molecule has 118 valence electrons. The van der Waals surface area contributed by atoms with Gasteiger partial charge in [-0.25, -0.2) is 14.8 Å². The fraction of sp³-hybridized carbons (Fsp3) is 0.0714. The quantitative estimate of drug-likeness (QED) is 0.770. The van der Waals surface area contributed by atoms with Gasteiger partial charge in [-0.15, -0.1) is 0 Å². The van der Waals surface area contributed by atoms with Crippen LogP contribution in [-0.2, 0) is 6.18 Å². The second-order valence-electron chi connectivity index (χ2n) is 4.51. The van der Waals surface area contributed by atoms with Gasteiger partial charge >= 0.3 is 12.1 Å². The molecule has 0 amide bonds. The normalized spacial score (nSPS) is 11.6. The number of carboxylic acid groups (broad SMARTS) is 1. The van der Waals surface area contributed by atoms with Crippen LogP contribution in [-0.4, -0.2) is 26.0 Å². The summed E-state index contributed by atoms with van der Waals surface area (Å²) in [5.41, 5.74) is -0.921. The highest BCUT2D eigenvalue weighted by Crippen LogP contribution is 2.37. The zero-order chi connectivity index (χ0) is 16.6. The summed E-state index contributed by atoms with van der Waals surface area (Å²) in [6, 6.07) is 4.64. The zero-order valence-corrected chi connectivity index (χ0v) is 11.3. The third kappa shape index (κ3) is 2.80. The molecule has 3 aromatic rings. The van der Waals surface area contributed by atoms with Crippen molar-refractivity contribution >= 4 is 17.1 Å². The Hall–Kier alpha value is -3.10. The van der Waals surface area contributed by atoms with Gasteiger partial charge in [0.25, 0.3) is 0 Å². The molecule has 0 atom stereocenters. The van der Waals surface area contributed by atoms with Gasteiger partial charge in [0.1, 0.15) is 16.8 Å². The Morgan fingerprint density at radius 3 is 2.70 bits per heavy atom. The fourth-order valence-electron chi connectivity index (χ4n) is 1.99. The third-order valence-electron chi connectivity index (χ3n) is 3.00. The number of nitrogens with zero attached hydrogens (tertiary/aromatic N) is 2. The van der Waals surface area contributed by atoms with E-state index in [2.05, 4.69) is 15.0 Å². The van der Waals surface area contributed by atoms with Crippen LogP contribution in [0.3, 0.4) is 0 Å². The number of H-pyrrole nitrogens is 1. The molecule has 9 heteroatoms. The number of hydrogen-bond acceptors (Lipinski definition) is 4. The minimum atomic E-state index is -4.59. The minimum Gasteiger partial charge on any atom is -0.478 e. The van der Waals surface area contributed by atoms with Crippen LogP contribution in [0.25, 0.3) is 11.2 Å². The molecule has 3 rings (SSSR count). The monoisotopic (exact) mass is 323 g/mol. The summed E-state index contributed by atoms with van der Waals surface area (Å²) in [5, 5.41) is 9.03. The van der Waals surface area contributed by atoms with E-state index in [0.717, 1.165) is 18.3 Å². The van der Waals surface area contributed by atoms with Crippen molar-refractivity contribution in [2.45, 2.75) is 6.18 Å². The maximum atomic E-state index is 12.9. The van der Waals surface area contributed by atoms with Crippen LogP contribution in [0.1, 0.15) is 15.9 Å². The lowest BCUT2D eigenvalue weighted by Crippen LogP contribution is -2.07. The lowest BCUT2D eigenvalue weighted by molar-refractivity contribution is -0.138. The highest BCUT2D eigenvalue weighted by atomic mass is 19.4. The van der Waals surface area contributed by atoms with Gasteiger partial charge in [-0.3, -0.25) is 0 Å². The van der Waals surface area contributed by atoms with Gasteiger partial charge in [-0.2, -0.15) is 13.2 Å². The number of aromatic amines is 1. The highest BCUT2D eigenvalue weighted by Gasteiger charge is 2.34. The first-order valence-electron chi connectivity index (χ1n) is 6.28. The van der Waals surface area contributed by atoms with Crippen LogP contribution in [0, 0.1) is 0 Å². The van der Waals surface area contributed by atoms with Gasteiger partial charge in [0.2, 0.25) is 5.88 Å². The SMILES string of the molecule is O=C(O)c1c[nH]c2ncc(Oc3ccccc3C(F)(F)F)nc12. The predicted molar refractivity (Wildman–Crippen MR) is 72.4 cm³/mol. The molecule has 23 heavy (non-hydrogen) atoms. The molecule has 0 radical (unpaired) electrons. The van der Waals surface area contributed by atoms with Crippen LogP contribution in [0.5, 0.6) is 11.6 Å². The van der Waals surface area contributed by atoms with Crippen molar-refractivity contribution in [2.24, 2.45) is 0 Å². The molecule has 0 aliphatic heterocycles. The number of halogens is 3. The Morgan fingerprint density at radius 2 is 2.00 bits per heavy atom. The van der Waals surface area contributed by atoms with E-state index in [4.69, 9.17) is 9.84 Å². The van der Waals surface area contributed by atoms with Crippen LogP contribution in [0.2, 0.25) is 0 Å². The molecule has 0 aliphatic carbocycles. The lowest BCUT2D eigenvalue weighted by atomic mass is 10.2. The highest BCUT2D eigenvalue weighted by molar-refractivity contribution is 6.00. The summed E-state index contributed by atoms with van der Waals surface area (Å²) in [7, 11) is 0. The smallest absolute Gasteiger partial charge is 0.419 e. The summed E-state index contributed by atoms with van der Waals surface area (Å²) in [5.74, 6) is -1.92. The largest absolute Gasteiger partial charge is 0.478 e. The first-order valence-corrected chi connectivity index (χ1v) is 6.28. The van der Waals surface area contributed by atoms with Crippen LogP contribution < -0.4 is 4.74 Å². The predicted octanol–water partition coefficient (Wildman–Crippen LogP) is 3.47. The summed E-state index contributed by atoms with van der Waals surface area (Å²) < 4.78 is 43.9. The number of para-hydroxylation sites is 1. The van der Waals surface area contributed by atoms with Crippen LogP contribution in [0.4, 0.5) is 13.2 Å². The second kappa shape index (κ2) is 5.27. The van der Waals surface area contributed by atoms with Crippen molar-refractivity contribution in [1.82, 2.24) is 15.0 Å². The van der Waals surface area contributed by atoms with Gasteiger partial charge < -0.3 is 14.8 Å². The summed E-state index contributed by atoms with van der Waals surface area (Å²) >= 11 is 0. The Bertz CT molecular complexity index is 890. The Balaban J connectivity index is 2.03. The van der Waals surface area contributed by atoms with E-state index in [-0.39, 0.29) is 22.6 Å². The average molecular weight is 323 g/mol. The number of alkyl halides is 3. The van der Waals surface area contributed by atoms with Gasteiger partial charge in [0.15, 0.2) is 5.65 Å². The number of aromatic nitrogens is 3. The number of carboxylic acids is 1. The number of nitrogens with one attached hydrogen (secondary N) is 1. The molecular formula is C14H8F3N3O3. The van der Waals surface area contributed by atoms with E-state index < -0.39 is 23.5 Å². The first kappa shape index (κ1) is 14.8. The molecule has 0 spiro atoms.